The molecule has 0 bridgehead atoms. The van der Waals surface area contributed by atoms with Gasteiger partial charge in [-0.05, 0) is 53.6 Å². The lowest BCUT2D eigenvalue weighted by Gasteiger charge is -2.12. The Morgan fingerprint density at radius 1 is 1.12 bits per heavy atom. The summed E-state index contributed by atoms with van der Waals surface area (Å²) in [6, 6.07) is 11.2. The lowest BCUT2D eigenvalue weighted by atomic mass is 10.1. The minimum atomic E-state index is -0.313. The summed E-state index contributed by atoms with van der Waals surface area (Å²) >= 11 is 6.25. The number of aromatic nitrogens is 4. The molecule has 0 fully saturated rings. The SMILES string of the molecule is Cc1cc(Cl)c(OCc2ccccc2-n2nnn(C)c2=O)cc1C. The zero-order valence-corrected chi connectivity index (χ0v) is 14.4. The fourth-order valence-corrected chi connectivity index (χ4v) is 2.60. The van der Waals surface area contributed by atoms with Gasteiger partial charge in [-0.15, -0.1) is 0 Å². The van der Waals surface area contributed by atoms with Gasteiger partial charge in [0.25, 0.3) is 0 Å². The standard InChI is InChI=1S/C17H17ClN4O2/c1-11-8-14(18)16(9-12(11)2)24-10-13-6-4-5-7-15(13)22-17(23)21(3)19-20-22/h4-9H,10H2,1-3H3. The van der Waals surface area contributed by atoms with Crippen LogP contribution in [0.3, 0.4) is 0 Å². The van der Waals surface area contributed by atoms with Crippen LogP contribution in [-0.2, 0) is 13.7 Å². The van der Waals surface area contributed by atoms with Crippen molar-refractivity contribution in [2.24, 2.45) is 7.05 Å². The second-order valence-electron chi connectivity index (χ2n) is 5.58. The third-order valence-corrected chi connectivity index (χ3v) is 4.17. The maximum atomic E-state index is 12.1. The zero-order valence-electron chi connectivity index (χ0n) is 13.7. The van der Waals surface area contributed by atoms with Crippen LogP contribution in [0.4, 0.5) is 0 Å². The molecule has 0 spiro atoms. The van der Waals surface area contributed by atoms with Crippen LogP contribution < -0.4 is 10.4 Å². The van der Waals surface area contributed by atoms with Crippen molar-refractivity contribution in [1.82, 2.24) is 19.8 Å². The molecule has 0 saturated heterocycles. The van der Waals surface area contributed by atoms with Crippen LogP contribution in [0.25, 0.3) is 5.69 Å². The molecule has 1 aromatic heterocycles. The number of rotatable bonds is 4. The van der Waals surface area contributed by atoms with Gasteiger partial charge < -0.3 is 4.74 Å². The van der Waals surface area contributed by atoms with Crippen molar-refractivity contribution in [2.45, 2.75) is 20.5 Å². The first-order valence-electron chi connectivity index (χ1n) is 7.44. The molecule has 0 aliphatic carbocycles. The predicted octanol–water partition coefficient (Wildman–Crippen LogP) is 2.82. The van der Waals surface area contributed by atoms with Crippen molar-refractivity contribution in [2.75, 3.05) is 0 Å². The van der Waals surface area contributed by atoms with Gasteiger partial charge in [-0.25, -0.2) is 4.79 Å². The number of ether oxygens (including phenoxy) is 1. The molecule has 0 saturated carbocycles. The van der Waals surface area contributed by atoms with Crippen molar-refractivity contribution >= 4 is 11.6 Å². The molecule has 124 valence electrons. The maximum absolute atomic E-state index is 12.1. The molecule has 2 aromatic carbocycles. The van der Waals surface area contributed by atoms with Gasteiger partial charge in [-0.2, -0.15) is 9.36 Å². The summed E-state index contributed by atoms with van der Waals surface area (Å²) in [4.78, 5) is 12.1. The van der Waals surface area contributed by atoms with E-state index in [9.17, 15) is 4.79 Å². The topological polar surface area (TPSA) is 61.9 Å². The van der Waals surface area contributed by atoms with Gasteiger partial charge in [-0.3, -0.25) is 0 Å². The Balaban J connectivity index is 1.91. The molecule has 0 unspecified atom stereocenters. The molecule has 6 nitrogen and oxygen atoms in total. The summed E-state index contributed by atoms with van der Waals surface area (Å²) in [6.07, 6.45) is 0. The van der Waals surface area contributed by atoms with Crippen molar-refractivity contribution in [3.8, 4) is 11.4 Å². The first-order valence-corrected chi connectivity index (χ1v) is 7.82. The van der Waals surface area contributed by atoms with E-state index in [-0.39, 0.29) is 12.3 Å². The summed E-state index contributed by atoms with van der Waals surface area (Å²) in [5, 5.41) is 8.18. The van der Waals surface area contributed by atoms with E-state index in [1.165, 1.54) is 9.36 Å². The number of para-hydroxylation sites is 1. The first kappa shape index (κ1) is 16.3. The van der Waals surface area contributed by atoms with Crippen molar-refractivity contribution in [1.29, 1.82) is 0 Å². The van der Waals surface area contributed by atoms with E-state index in [0.717, 1.165) is 16.7 Å². The molecule has 0 N–H and O–H groups in total. The van der Waals surface area contributed by atoms with E-state index < -0.39 is 0 Å². The number of hydrogen-bond donors (Lipinski definition) is 0. The Kier molecular flexibility index (Phi) is 4.40. The van der Waals surface area contributed by atoms with Crippen molar-refractivity contribution in [3.63, 3.8) is 0 Å². The number of tetrazole rings is 1. The number of hydrogen-bond acceptors (Lipinski definition) is 4. The van der Waals surface area contributed by atoms with Gasteiger partial charge in [0.15, 0.2) is 0 Å². The van der Waals surface area contributed by atoms with E-state index in [1.54, 1.807) is 13.1 Å². The highest BCUT2D eigenvalue weighted by atomic mass is 35.5. The first-order chi connectivity index (χ1) is 11.5. The van der Waals surface area contributed by atoms with E-state index in [0.29, 0.717) is 16.5 Å². The fourth-order valence-electron chi connectivity index (χ4n) is 2.32. The largest absolute Gasteiger partial charge is 0.487 e. The third kappa shape index (κ3) is 3.05. The maximum Gasteiger partial charge on any atom is 0.368 e. The number of benzene rings is 2. The van der Waals surface area contributed by atoms with Crippen LogP contribution in [0, 0.1) is 13.8 Å². The number of nitrogens with zero attached hydrogens (tertiary/aromatic N) is 4. The monoisotopic (exact) mass is 344 g/mol. The molecule has 3 aromatic rings. The summed E-state index contributed by atoms with van der Waals surface area (Å²) in [5.41, 5.74) is 3.35. The van der Waals surface area contributed by atoms with Crippen LogP contribution in [0.2, 0.25) is 5.02 Å². The normalized spacial score (nSPS) is 10.8. The Bertz CT molecular complexity index is 946. The highest BCUT2D eigenvalue weighted by molar-refractivity contribution is 6.32. The van der Waals surface area contributed by atoms with Crippen molar-refractivity contribution in [3.05, 3.63) is 68.6 Å². The summed E-state index contributed by atoms with van der Waals surface area (Å²) in [5.74, 6) is 0.612. The molecule has 0 atom stereocenters. The third-order valence-electron chi connectivity index (χ3n) is 3.87. The Morgan fingerprint density at radius 3 is 2.54 bits per heavy atom. The number of halogens is 1. The molecule has 0 aliphatic heterocycles. The summed E-state index contributed by atoms with van der Waals surface area (Å²) in [7, 11) is 1.56. The smallest absolute Gasteiger partial charge is 0.368 e. The van der Waals surface area contributed by atoms with E-state index in [4.69, 9.17) is 16.3 Å². The van der Waals surface area contributed by atoms with Crippen LogP contribution in [-0.4, -0.2) is 19.8 Å². The van der Waals surface area contributed by atoms with Crippen LogP contribution in [0.15, 0.2) is 41.2 Å². The Hall–Kier alpha value is -2.60. The molecule has 24 heavy (non-hydrogen) atoms. The molecular weight excluding hydrogens is 328 g/mol. The Morgan fingerprint density at radius 2 is 1.83 bits per heavy atom. The summed E-state index contributed by atoms with van der Waals surface area (Å²) < 4.78 is 8.29. The number of aryl methyl sites for hydroxylation is 3. The average Bonchev–Trinajstić information content (AvgIpc) is 2.89. The van der Waals surface area contributed by atoms with Crippen molar-refractivity contribution < 1.29 is 4.74 Å². The Labute approximate surface area is 144 Å². The van der Waals surface area contributed by atoms with Gasteiger partial charge in [0.1, 0.15) is 12.4 Å². The summed E-state index contributed by atoms with van der Waals surface area (Å²) in [6.45, 7) is 4.27. The van der Waals surface area contributed by atoms with E-state index in [1.807, 2.05) is 44.2 Å². The average molecular weight is 345 g/mol. The minimum absolute atomic E-state index is 0.265. The van der Waals surface area contributed by atoms with Crippen LogP contribution in [0.1, 0.15) is 16.7 Å². The zero-order chi connectivity index (χ0) is 17.3. The van der Waals surface area contributed by atoms with Gasteiger partial charge in [0.05, 0.1) is 10.7 Å². The highest BCUT2D eigenvalue weighted by Crippen LogP contribution is 2.29. The lowest BCUT2D eigenvalue weighted by Crippen LogP contribution is -2.23. The molecule has 0 aliphatic rings. The highest BCUT2D eigenvalue weighted by Gasteiger charge is 2.12. The molecular formula is C17H17ClN4O2. The molecule has 3 rings (SSSR count). The van der Waals surface area contributed by atoms with Gasteiger partial charge >= 0.3 is 5.69 Å². The van der Waals surface area contributed by atoms with Crippen LogP contribution >= 0.6 is 11.6 Å². The molecule has 1 heterocycles. The van der Waals surface area contributed by atoms with Gasteiger partial charge in [0.2, 0.25) is 0 Å². The van der Waals surface area contributed by atoms with Crippen LogP contribution in [0.5, 0.6) is 5.75 Å². The minimum Gasteiger partial charge on any atom is -0.487 e. The van der Waals surface area contributed by atoms with E-state index >= 15 is 0 Å². The quantitative estimate of drug-likeness (QED) is 0.730. The fraction of sp³-hybridized carbons (Fsp3) is 0.235. The predicted molar refractivity (Wildman–Crippen MR) is 91.9 cm³/mol. The lowest BCUT2D eigenvalue weighted by molar-refractivity contribution is 0.305. The van der Waals surface area contributed by atoms with E-state index in [2.05, 4.69) is 10.4 Å². The second-order valence-corrected chi connectivity index (χ2v) is 5.99. The van der Waals surface area contributed by atoms with Gasteiger partial charge in [0, 0.05) is 12.6 Å². The van der Waals surface area contributed by atoms with Gasteiger partial charge in [-0.1, -0.05) is 29.8 Å². The molecule has 7 heteroatoms. The molecule has 0 radical (unpaired) electrons. The second kappa shape index (κ2) is 6.49. The molecule has 0 amide bonds.